The van der Waals surface area contributed by atoms with E-state index in [9.17, 15) is 0 Å². The zero-order valence-electron chi connectivity index (χ0n) is 16.6. The standard InChI is InChI=1S/C20H34N2O2.2HI/c1-21(2,17-19-11-9-15-23-19)13-7-5-6-8-14-22(3,4)18-20-12-10-16-24-20;;/h9-12,15-16H,5-8,13-14,17-18H2,1-4H3;2*1H/q+2;;/p-2. The first-order chi connectivity index (χ1) is 11.4. The van der Waals surface area contributed by atoms with Gasteiger partial charge in [-0.3, -0.25) is 0 Å². The van der Waals surface area contributed by atoms with Crippen molar-refractivity contribution in [1.82, 2.24) is 0 Å². The van der Waals surface area contributed by atoms with Crippen LogP contribution in [0.15, 0.2) is 45.6 Å². The molecule has 0 N–H and O–H groups in total. The van der Waals surface area contributed by atoms with E-state index >= 15 is 0 Å². The van der Waals surface area contributed by atoms with E-state index in [1.165, 1.54) is 38.8 Å². The Kier molecular flexibility index (Phi) is 12.4. The van der Waals surface area contributed by atoms with Crippen LogP contribution in [-0.2, 0) is 13.1 Å². The van der Waals surface area contributed by atoms with Gasteiger partial charge in [0.25, 0.3) is 0 Å². The van der Waals surface area contributed by atoms with E-state index in [2.05, 4.69) is 40.3 Å². The molecule has 2 aromatic heterocycles. The summed E-state index contributed by atoms with van der Waals surface area (Å²) >= 11 is 0. The van der Waals surface area contributed by atoms with Gasteiger partial charge in [0.15, 0.2) is 11.5 Å². The van der Waals surface area contributed by atoms with Gasteiger partial charge in [-0.15, -0.1) is 0 Å². The van der Waals surface area contributed by atoms with Crippen LogP contribution in [0.4, 0.5) is 0 Å². The van der Waals surface area contributed by atoms with Crippen LogP contribution in [0.3, 0.4) is 0 Å². The highest BCUT2D eigenvalue weighted by atomic mass is 127. The molecule has 0 aliphatic heterocycles. The zero-order chi connectivity index (χ0) is 17.5. The number of nitrogens with zero attached hydrogens (tertiary/aromatic N) is 2. The maximum atomic E-state index is 5.47. The summed E-state index contributed by atoms with van der Waals surface area (Å²) in [6, 6.07) is 8.08. The summed E-state index contributed by atoms with van der Waals surface area (Å²) in [6.45, 7) is 4.34. The van der Waals surface area contributed by atoms with Gasteiger partial charge in [-0.1, -0.05) is 0 Å². The highest BCUT2D eigenvalue weighted by Gasteiger charge is 2.18. The fourth-order valence-corrected chi connectivity index (χ4v) is 3.24. The van der Waals surface area contributed by atoms with Gasteiger partial charge in [0.1, 0.15) is 13.1 Å². The quantitative estimate of drug-likeness (QED) is 0.178. The number of rotatable bonds is 11. The predicted molar refractivity (Wildman–Crippen MR) is 97.2 cm³/mol. The van der Waals surface area contributed by atoms with Crippen molar-refractivity contribution in [3.05, 3.63) is 48.3 Å². The van der Waals surface area contributed by atoms with Gasteiger partial charge >= 0.3 is 0 Å². The van der Waals surface area contributed by atoms with Crippen LogP contribution < -0.4 is 48.0 Å². The van der Waals surface area contributed by atoms with Crippen molar-refractivity contribution in [2.75, 3.05) is 41.3 Å². The van der Waals surface area contributed by atoms with E-state index in [1.54, 1.807) is 12.5 Å². The normalized spacial score (nSPS) is 11.7. The summed E-state index contributed by atoms with van der Waals surface area (Å²) in [6.07, 6.45) is 8.69. The van der Waals surface area contributed by atoms with Crippen LogP contribution >= 0.6 is 0 Å². The number of hydrogen-bond acceptors (Lipinski definition) is 2. The van der Waals surface area contributed by atoms with Crippen LogP contribution in [0.5, 0.6) is 0 Å². The molecule has 0 spiro atoms. The van der Waals surface area contributed by atoms with Crippen molar-refractivity contribution in [1.29, 1.82) is 0 Å². The van der Waals surface area contributed by atoms with Gasteiger partial charge in [0.05, 0.1) is 53.8 Å². The molecule has 6 heteroatoms. The molecular formula is C20H34I2N2O2. The molecule has 0 fully saturated rings. The van der Waals surface area contributed by atoms with E-state index in [1.807, 2.05) is 12.1 Å². The maximum absolute atomic E-state index is 5.47. The second kappa shape index (κ2) is 12.4. The lowest BCUT2D eigenvalue weighted by molar-refractivity contribution is -0.905. The van der Waals surface area contributed by atoms with Crippen molar-refractivity contribution in [2.24, 2.45) is 0 Å². The maximum Gasteiger partial charge on any atom is 0.158 e. The second-order valence-corrected chi connectivity index (χ2v) is 8.21. The molecule has 0 atom stereocenters. The first-order valence-electron chi connectivity index (χ1n) is 9.05. The molecule has 0 amide bonds. The zero-order valence-corrected chi connectivity index (χ0v) is 20.9. The average Bonchev–Trinajstić information content (AvgIpc) is 3.15. The summed E-state index contributed by atoms with van der Waals surface area (Å²) in [7, 11) is 9.13. The van der Waals surface area contributed by atoms with E-state index in [-0.39, 0.29) is 48.0 Å². The number of hydrogen-bond donors (Lipinski definition) is 0. The Balaban J connectivity index is 0.00000312. The first-order valence-corrected chi connectivity index (χ1v) is 9.05. The summed E-state index contributed by atoms with van der Waals surface area (Å²) < 4.78 is 12.9. The molecule has 0 aliphatic rings. The Morgan fingerprint density at radius 3 is 1.35 bits per heavy atom. The van der Waals surface area contributed by atoms with Crippen LogP contribution in [0.1, 0.15) is 37.2 Å². The van der Waals surface area contributed by atoms with Crippen LogP contribution in [0, 0.1) is 0 Å². The number of halogens is 2. The van der Waals surface area contributed by atoms with Crippen LogP contribution in [-0.4, -0.2) is 50.2 Å². The molecule has 2 rings (SSSR count). The van der Waals surface area contributed by atoms with Crippen LogP contribution in [0.25, 0.3) is 0 Å². The molecule has 0 aliphatic carbocycles. The predicted octanol–water partition coefficient (Wildman–Crippen LogP) is -1.71. The Morgan fingerprint density at radius 1 is 0.654 bits per heavy atom. The van der Waals surface area contributed by atoms with E-state index in [0.29, 0.717) is 0 Å². The first kappa shape index (κ1) is 25.9. The van der Waals surface area contributed by atoms with E-state index in [0.717, 1.165) is 33.6 Å². The Bertz CT molecular complexity index is 514. The SMILES string of the molecule is C[N+](C)(CCCCCC[N+](C)(C)Cc1ccco1)Cc1ccco1.[I-].[I-]. The molecule has 0 radical (unpaired) electrons. The van der Waals surface area contributed by atoms with Gasteiger partial charge in [-0.05, 0) is 49.9 Å². The van der Waals surface area contributed by atoms with E-state index in [4.69, 9.17) is 8.83 Å². The molecular weight excluding hydrogens is 554 g/mol. The summed E-state index contributed by atoms with van der Waals surface area (Å²) in [5.74, 6) is 2.16. The molecule has 0 saturated carbocycles. The second-order valence-electron chi connectivity index (χ2n) is 8.21. The molecule has 150 valence electrons. The van der Waals surface area contributed by atoms with Gasteiger partial charge < -0.3 is 65.8 Å². The lowest BCUT2D eigenvalue weighted by Gasteiger charge is -2.29. The number of unbranched alkanes of at least 4 members (excludes halogenated alkanes) is 3. The molecule has 0 aromatic carbocycles. The lowest BCUT2D eigenvalue weighted by Crippen LogP contribution is -3.00. The summed E-state index contributed by atoms with van der Waals surface area (Å²) in [5.41, 5.74) is 0. The van der Waals surface area contributed by atoms with Gasteiger partial charge in [-0.25, -0.2) is 0 Å². The molecule has 0 saturated heterocycles. The largest absolute Gasteiger partial charge is 1.00 e. The monoisotopic (exact) mass is 588 g/mol. The van der Waals surface area contributed by atoms with E-state index < -0.39 is 0 Å². The molecule has 26 heavy (non-hydrogen) atoms. The summed E-state index contributed by atoms with van der Waals surface area (Å²) in [5, 5.41) is 0. The van der Waals surface area contributed by atoms with Crippen molar-refractivity contribution in [3.63, 3.8) is 0 Å². The minimum absolute atomic E-state index is 0. The van der Waals surface area contributed by atoms with Crippen molar-refractivity contribution >= 4 is 0 Å². The molecule has 2 aromatic rings. The third-order valence-electron chi connectivity index (χ3n) is 4.60. The molecule has 0 unspecified atom stereocenters. The Hall–Kier alpha value is -0.0600. The number of furan rings is 2. The van der Waals surface area contributed by atoms with Gasteiger partial charge in [0, 0.05) is 0 Å². The minimum atomic E-state index is 0. The lowest BCUT2D eigenvalue weighted by atomic mass is 10.1. The molecule has 2 heterocycles. The van der Waals surface area contributed by atoms with Gasteiger partial charge in [0.2, 0.25) is 0 Å². The average molecular weight is 588 g/mol. The summed E-state index contributed by atoms with van der Waals surface area (Å²) in [4.78, 5) is 0. The number of quaternary nitrogens is 2. The van der Waals surface area contributed by atoms with Crippen LogP contribution in [0.2, 0.25) is 0 Å². The molecule has 0 bridgehead atoms. The molecule has 4 nitrogen and oxygen atoms in total. The third-order valence-corrected chi connectivity index (χ3v) is 4.60. The fraction of sp³-hybridized carbons (Fsp3) is 0.600. The Labute approximate surface area is 193 Å². The van der Waals surface area contributed by atoms with Crippen molar-refractivity contribution in [2.45, 2.75) is 38.8 Å². The third kappa shape index (κ3) is 10.3. The van der Waals surface area contributed by atoms with Crippen molar-refractivity contribution < 1.29 is 65.8 Å². The minimum Gasteiger partial charge on any atom is -1.00 e. The Morgan fingerprint density at radius 2 is 1.04 bits per heavy atom. The fourth-order valence-electron chi connectivity index (χ4n) is 3.24. The van der Waals surface area contributed by atoms with Crippen molar-refractivity contribution in [3.8, 4) is 0 Å². The highest BCUT2D eigenvalue weighted by Crippen LogP contribution is 2.14. The van der Waals surface area contributed by atoms with Gasteiger partial charge in [-0.2, -0.15) is 0 Å². The smallest absolute Gasteiger partial charge is 0.158 e. The topological polar surface area (TPSA) is 26.3 Å². The highest BCUT2D eigenvalue weighted by molar-refractivity contribution is 4.96.